The first kappa shape index (κ1) is 11.5. The fourth-order valence-corrected chi connectivity index (χ4v) is 1.75. The van der Waals surface area contributed by atoms with Crippen molar-refractivity contribution in [3.8, 4) is 0 Å². The molecule has 0 aliphatic heterocycles. The fraction of sp³-hybridized carbons (Fsp3) is 0.909. The van der Waals surface area contributed by atoms with Crippen molar-refractivity contribution in [3.05, 3.63) is 0 Å². The molecule has 1 amide bonds. The molecule has 0 unspecified atom stereocenters. The summed E-state index contributed by atoms with van der Waals surface area (Å²) in [4.78, 5) is 11.9. The molecule has 3 nitrogen and oxygen atoms in total. The zero-order chi connectivity index (χ0) is 10.8. The van der Waals surface area contributed by atoms with Crippen LogP contribution in [0.1, 0.15) is 52.9 Å². The lowest BCUT2D eigenvalue weighted by Gasteiger charge is -2.30. The van der Waals surface area contributed by atoms with Gasteiger partial charge < -0.3 is 11.1 Å². The maximum Gasteiger partial charge on any atom is 0.240 e. The van der Waals surface area contributed by atoms with Crippen molar-refractivity contribution in [2.45, 2.75) is 64.0 Å². The molecular formula is C11H22N2O. The van der Waals surface area contributed by atoms with Crippen molar-refractivity contribution < 1.29 is 4.79 Å². The van der Waals surface area contributed by atoms with Gasteiger partial charge >= 0.3 is 0 Å². The van der Waals surface area contributed by atoms with Gasteiger partial charge in [-0.25, -0.2) is 0 Å². The second kappa shape index (κ2) is 3.89. The molecule has 0 radical (unpaired) electrons. The van der Waals surface area contributed by atoms with Crippen LogP contribution in [0.2, 0.25) is 0 Å². The molecule has 0 atom stereocenters. The van der Waals surface area contributed by atoms with Crippen LogP contribution in [0.3, 0.4) is 0 Å². The highest BCUT2D eigenvalue weighted by molar-refractivity contribution is 5.86. The Morgan fingerprint density at radius 2 is 1.93 bits per heavy atom. The molecule has 3 N–H and O–H groups in total. The number of rotatable bonds is 3. The van der Waals surface area contributed by atoms with E-state index in [0.717, 1.165) is 32.1 Å². The molecule has 1 aliphatic carbocycles. The van der Waals surface area contributed by atoms with Crippen LogP contribution in [0.4, 0.5) is 0 Å². The van der Waals surface area contributed by atoms with Crippen molar-refractivity contribution >= 4 is 5.91 Å². The predicted octanol–water partition coefficient (Wildman–Crippen LogP) is 1.56. The van der Waals surface area contributed by atoms with Crippen molar-refractivity contribution in [1.82, 2.24) is 5.32 Å². The van der Waals surface area contributed by atoms with Gasteiger partial charge in [0.1, 0.15) is 0 Å². The van der Waals surface area contributed by atoms with Gasteiger partial charge in [-0.2, -0.15) is 0 Å². The fourth-order valence-electron chi connectivity index (χ4n) is 1.75. The molecule has 82 valence electrons. The van der Waals surface area contributed by atoms with Gasteiger partial charge in [0.15, 0.2) is 0 Å². The third-order valence-electron chi connectivity index (χ3n) is 3.28. The molecule has 0 aromatic rings. The Bertz CT molecular complexity index is 217. The Morgan fingerprint density at radius 1 is 1.43 bits per heavy atom. The van der Waals surface area contributed by atoms with Crippen molar-refractivity contribution in [2.75, 3.05) is 0 Å². The van der Waals surface area contributed by atoms with Crippen LogP contribution in [0.15, 0.2) is 0 Å². The van der Waals surface area contributed by atoms with E-state index in [1.165, 1.54) is 0 Å². The maximum atomic E-state index is 11.9. The quantitative estimate of drug-likeness (QED) is 0.723. The zero-order valence-electron chi connectivity index (χ0n) is 9.52. The second-order valence-corrected chi connectivity index (χ2v) is 5.05. The van der Waals surface area contributed by atoms with Gasteiger partial charge in [0.25, 0.3) is 0 Å². The number of carbonyl (C=O) groups is 1. The van der Waals surface area contributed by atoms with Crippen LogP contribution in [0.5, 0.6) is 0 Å². The van der Waals surface area contributed by atoms with Gasteiger partial charge in [-0.3, -0.25) is 4.79 Å². The van der Waals surface area contributed by atoms with Crippen LogP contribution in [-0.4, -0.2) is 17.0 Å². The van der Waals surface area contributed by atoms with E-state index in [4.69, 9.17) is 5.73 Å². The van der Waals surface area contributed by atoms with E-state index in [9.17, 15) is 4.79 Å². The summed E-state index contributed by atoms with van der Waals surface area (Å²) in [5.74, 6) is 0.0295. The number of hydrogen-bond acceptors (Lipinski definition) is 2. The Kier molecular flexibility index (Phi) is 3.20. The largest absolute Gasteiger partial charge is 0.350 e. The van der Waals surface area contributed by atoms with E-state index < -0.39 is 5.54 Å². The Morgan fingerprint density at radius 3 is 2.36 bits per heavy atom. The SMILES string of the molecule is CCC(C)(C)NC(=O)C1(N)CCCC1. The summed E-state index contributed by atoms with van der Waals surface area (Å²) < 4.78 is 0. The normalized spacial score (nSPS) is 20.9. The van der Waals surface area contributed by atoms with Gasteiger partial charge in [-0.05, 0) is 33.1 Å². The number of nitrogens with two attached hydrogens (primary N) is 1. The van der Waals surface area contributed by atoms with Crippen molar-refractivity contribution in [1.29, 1.82) is 0 Å². The van der Waals surface area contributed by atoms with E-state index in [0.29, 0.717) is 0 Å². The summed E-state index contributed by atoms with van der Waals surface area (Å²) in [6.45, 7) is 6.13. The smallest absolute Gasteiger partial charge is 0.240 e. The third kappa shape index (κ3) is 2.47. The van der Waals surface area contributed by atoms with Crippen LogP contribution < -0.4 is 11.1 Å². The molecule has 0 heterocycles. The van der Waals surface area contributed by atoms with Gasteiger partial charge in [-0.1, -0.05) is 19.8 Å². The monoisotopic (exact) mass is 198 g/mol. The molecule has 0 aromatic heterocycles. The summed E-state index contributed by atoms with van der Waals surface area (Å²) in [6.07, 6.45) is 4.75. The second-order valence-electron chi connectivity index (χ2n) is 5.05. The number of carbonyl (C=O) groups excluding carboxylic acids is 1. The Balaban J connectivity index is 2.57. The van der Waals surface area contributed by atoms with Gasteiger partial charge in [0.05, 0.1) is 5.54 Å². The molecule has 0 saturated heterocycles. The van der Waals surface area contributed by atoms with Crippen LogP contribution in [-0.2, 0) is 4.79 Å². The van der Waals surface area contributed by atoms with Gasteiger partial charge in [0, 0.05) is 5.54 Å². The summed E-state index contributed by atoms with van der Waals surface area (Å²) in [7, 11) is 0. The van der Waals surface area contributed by atoms with E-state index in [2.05, 4.69) is 12.2 Å². The summed E-state index contributed by atoms with van der Waals surface area (Å²) in [5.41, 5.74) is 5.33. The molecule has 1 aliphatic rings. The molecule has 1 rings (SSSR count). The van der Waals surface area contributed by atoms with Gasteiger partial charge in [0.2, 0.25) is 5.91 Å². The topological polar surface area (TPSA) is 55.1 Å². The minimum Gasteiger partial charge on any atom is -0.350 e. The van der Waals surface area contributed by atoms with Crippen LogP contribution >= 0.6 is 0 Å². The molecule has 0 spiro atoms. The summed E-state index contributed by atoms with van der Waals surface area (Å²) in [6, 6.07) is 0. The number of nitrogens with one attached hydrogen (secondary N) is 1. The number of hydrogen-bond donors (Lipinski definition) is 2. The standard InChI is InChI=1S/C11H22N2O/c1-4-10(2,3)13-9(14)11(12)7-5-6-8-11/h4-8,12H2,1-3H3,(H,13,14). The molecule has 0 aromatic carbocycles. The first-order valence-corrected chi connectivity index (χ1v) is 5.51. The van der Waals surface area contributed by atoms with Crippen LogP contribution in [0.25, 0.3) is 0 Å². The first-order chi connectivity index (χ1) is 6.40. The molecule has 14 heavy (non-hydrogen) atoms. The van der Waals surface area contributed by atoms with Crippen molar-refractivity contribution in [2.24, 2.45) is 5.73 Å². The van der Waals surface area contributed by atoms with E-state index in [-0.39, 0.29) is 11.4 Å². The molecule has 1 saturated carbocycles. The lowest BCUT2D eigenvalue weighted by molar-refractivity contribution is -0.127. The van der Waals surface area contributed by atoms with Gasteiger partial charge in [-0.15, -0.1) is 0 Å². The van der Waals surface area contributed by atoms with Crippen LogP contribution in [0, 0.1) is 0 Å². The average Bonchev–Trinajstić information content (AvgIpc) is 2.53. The third-order valence-corrected chi connectivity index (χ3v) is 3.28. The van der Waals surface area contributed by atoms with E-state index in [1.54, 1.807) is 0 Å². The summed E-state index contributed by atoms with van der Waals surface area (Å²) in [5, 5.41) is 3.02. The lowest BCUT2D eigenvalue weighted by atomic mass is 9.94. The Hall–Kier alpha value is -0.570. The molecule has 3 heteroatoms. The maximum absolute atomic E-state index is 11.9. The van der Waals surface area contributed by atoms with E-state index in [1.807, 2.05) is 13.8 Å². The first-order valence-electron chi connectivity index (χ1n) is 5.51. The summed E-state index contributed by atoms with van der Waals surface area (Å²) >= 11 is 0. The molecule has 1 fully saturated rings. The highest BCUT2D eigenvalue weighted by Gasteiger charge is 2.38. The zero-order valence-corrected chi connectivity index (χ0v) is 9.52. The Labute approximate surface area is 86.4 Å². The lowest BCUT2D eigenvalue weighted by Crippen LogP contribution is -2.57. The average molecular weight is 198 g/mol. The molecular weight excluding hydrogens is 176 g/mol. The highest BCUT2D eigenvalue weighted by Crippen LogP contribution is 2.28. The van der Waals surface area contributed by atoms with Crippen molar-refractivity contribution in [3.63, 3.8) is 0 Å². The minimum atomic E-state index is -0.591. The predicted molar refractivity (Wildman–Crippen MR) is 57.9 cm³/mol. The highest BCUT2D eigenvalue weighted by atomic mass is 16.2. The molecule has 0 bridgehead atoms. The van der Waals surface area contributed by atoms with E-state index >= 15 is 0 Å². The minimum absolute atomic E-state index is 0.0295. The number of amides is 1.